The third-order valence-electron chi connectivity index (χ3n) is 9.71. The molecular weight excluding hydrogens is 609 g/mol. The Morgan fingerprint density at radius 1 is 0.500 bits per heavy atom. The van der Waals surface area contributed by atoms with E-state index in [2.05, 4.69) is 160 Å². The van der Waals surface area contributed by atoms with Crippen molar-refractivity contribution in [3.05, 3.63) is 204 Å². The van der Waals surface area contributed by atoms with E-state index in [4.69, 9.17) is 0 Å². The van der Waals surface area contributed by atoms with Gasteiger partial charge in [0.25, 0.3) is 0 Å². The molecule has 9 rings (SSSR count). The maximum atomic E-state index is 9.27. The van der Waals surface area contributed by atoms with Crippen molar-refractivity contribution < 1.29 is 0 Å². The van der Waals surface area contributed by atoms with Crippen molar-refractivity contribution in [3.63, 3.8) is 0 Å². The second-order valence-electron chi connectivity index (χ2n) is 12.8. The number of benzene rings is 7. The van der Waals surface area contributed by atoms with Crippen molar-refractivity contribution in [1.82, 2.24) is 14.5 Å². The molecule has 0 fully saturated rings. The first-order chi connectivity index (χ1) is 24.7. The summed E-state index contributed by atoms with van der Waals surface area (Å²) in [4.78, 5) is 0. The van der Waals surface area contributed by atoms with Crippen LogP contribution in [0.4, 0.5) is 0 Å². The van der Waals surface area contributed by atoms with Crippen LogP contribution in [0.5, 0.6) is 0 Å². The first-order valence-corrected chi connectivity index (χ1v) is 17.1. The number of rotatable bonds is 8. The quantitative estimate of drug-likeness (QED) is 0.176. The van der Waals surface area contributed by atoms with Crippen LogP contribution in [0.1, 0.15) is 22.7 Å². The Bertz CT molecular complexity index is 2420. The average Bonchev–Trinajstić information content (AvgIpc) is 3.70. The third-order valence-corrected chi connectivity index (χ3v) is 9.71. The van der Waals surface area contributed by atoms with Crippen molar-refractivity contribution in [2.75, 3.05) is 0 Å². The molecule has 50 heavy (non-hydrogen) atoms. The number of para-hydroxylation sites is 4. The fraction of sp³-hybridized carbons (Fsp3) is 0.0435. The molecule has 9 aromatic rings. The third kappa shape index (κ3) is 5.23. The van der Waals surface area contributed by atoms with Gasteiger partial charge in [-0.25, -0.2) is 0 Å². The molecule has 0 spiro atoms. The van der Waals surface area contributed by atoms with E-state index in [1.165, 1.54) is 27.1 Å². The lowest BCUT2D eigenvalue weighted by Gasteiger charge is -2.22. The van der Waals surface area contributed by atoms with Crippen LogP contribution in [-0.2, 0) is 6.54 Å². The number of aromatic nitrogens is 2. The molecule has 1 atom stereocenters. The summed E-state index contributed by atoms with van der Waals surface area (Å²) in [6.07, 6.45) is 2.05. The highest BCUT2D eigenvalue weighted by Gasteiger charge is 2.18. The Balaban J connectivity index is 1.33. The van der Waals surface area contributed by atoms with Crippen molar-refractivity contribution in [2.45, 2.75) is 12.6 Å². The number of fused-ring (bicyclic) bond motifs is 6. The number of nitrogens with one attached hydrogen (secondary N) is 2. The lowest BCUT2D eigenvalue weighted by atomic mass is 10.0. The van der Waals surface area contributed by atoms with Crippen molar-refractivity contribution in [3.8, 4) is 11.4 Å². The standard InChI is InChI=1S/C46H35N4/c47-41(33-17-5-2-6-18-33)30-42(48-31-32-15-3-1-4-16-32)34-27-35(49-43-23-11-7-19-37(43)38-20-8-12-24-44(38)49)29-36(28-34)50-45-25-13-9-21-39(45)40-22-10-14-26-46(40)50/h1-30,41,47-48H,31H2/q-1/b42-30-. The van der Waals surface area contributed by atoms with Crippen LogP contribution in [0.25, 0.3) is 66.4 Å². The maximum absolute atomic E-state index is 9.27. The van der Waals surface area contributed by atoms with Crippen LogP contribution in [0.15, 0.2) is 182 Å². The first-order valence-electron chi connectivity index (χ1n) is 17.1. The highest BCUT2D eigenvalue weighted by atomic mass is 15.0. The molecule has 0 aliphatic rings. The molecule has 0 radical (unpaired) electrons. The SMILES string of the molecule is [NH-]C(/C=C(\NCc1ccccc1)c1cc(-n2c3ccccc3c3ccccc32)cc(-n2c3ccccc3c3ccccc32)c1)c1ccccc1. The predicted octanol–water partition coefficient (Wildman–Crippen LogP) is 11.8. The van der Waals surface area contributed by atoms with E-state index in [9.17, 15) is 5.73 Å². The summed E-state index contributed by atoms with van der Waals surface area (Å²) in [6.45, 7) is 0.637. The molecular formula is C46H35N4-. The number of hydrogen-bond acceptors (Lipinski definition) is 1. The molecule has 0 aliphatic heterocycles. The first kappa shape index (κ1) is 29.8. The Kier molecular flexibility index (Phi) is 7.49. The van der Waals surface area contributed by atoms with E-state index < -0.39 is 6.04 Å². The molecule has 2 heterocycles. The van der Waals surface area contributed by atoms with Crippen molar-refractivity contribution in [2.24, 2.45) is 0 Å². The molecule has 2 aromatic heterocycles. The topological polar surface area (TPSA) is 45.7 Å². The Hall–Kier alpha value is -6.36. The zero-order chi connectivity index (χ0) is 33.4. The predicted molar refractivity (Wildman–Crippen MR) is 210 cm³/mol. The van der Waals surface area contributed by atoms with E-state index >= 15 is 0 Å². The molecule has 4 heteroatoms. The highest BCUT2D eigenvalue weighted by molar-refractivity contribution is 6.10. The monoisotopic (exact) mass is 643 g/mol. The average molecular weight is 644 g/mol. The molecule has 7 aromatic carbocycles. The van der Waals surface area contributed by atoms with Gasteiger partial charge >= 0.3 is 0 Å². The minimum Gasteiger partial charge on any atom is -0.667 e. The van der Waals surface area contributed by atoms with Crippen molar-refractivity contribution in [1.29, 1.82) is 0 Å². The van der Waals surface area contributed by atoms with Gasteiger partial charge in [-0.15, -0.1) is 0 Å². The second-order valence-corrected chi connectivity index (χ2v) is 12.8. The zero-order valence-corrected chi connectivity index (χ0v) is 27.5. The molecule has 2 N–H and O–H groups in total. The van der Waals surface area contributed by atoms with Crippen LogP contribution < -0.4 is 5.32 Å². The minimum atomic E-state index is -0.553. The van der Waals surface area contributed by atoms with Gasteiger partial charge < -0.3 is 20.2 Å². The van der Waals surface area contributed by atoms with Gasteiger partial charge in [-0.1, -0.05) is 151 Å². The van der Waals surface area contributed by atoms with Crippen LogP contribution >= 0.6 is 0 Å². The molecule has 240 valence electrons. The Labute approximate surface area is 291 Å². The van der Waals surface area contributed by atoms with Crippen LogP contribution in [-0.4, -0.2) is 9.13 Å². The van der Waals surface area contributed by atoms with Gasteiger partial charge in [0, 0.05) is 50.7 Å². The molecule has 1 unspecified atom stereocenters. The van der Waals surface area contributed by atoms with Crippen LogP contribution in [0.3, 0.4) is 0 Å². The van der Waals surface area contributed by atoms with E-state index in [-0.39, 0.29) is 0 Å². The summed E-state index contributed by atoms with van der Waals surface area (Å²) in [6, 6.07) is 61.5. The normalized spacial score (nSPS) is 12.6. The van der Waals surface area contributed by atoms with Gasteiger partial charge in [0.1, 0.15) is 0 Å². The van der Waals surface area contributed by atoms with E-state index in [1.54, 1.807) is 0 Å². The minimum absolute atomic E-state index is 0.553. The molecule has 0 bridgehead atoms. The summed E-state index contributed by atoms with van der Waals surface area (Å²) >= 11 is 0. The van der Waals surface area contributed by atoms with Gasteiger partial charge in [-0.3, -0.25) is 0 Å². The molecule has 4 nitrogen and oxygen atoms in total. The van der Waals surface area contributed by atoms with Crippen LogP contribution in [0.2, 0.25) is 0 Å². The molecule has 0 saturated heterocycles. The number of nitrogens with zero attached hydrogens (tertiary/aromatic N) is 2. The highest BCUT2D eigenvalue weighted by Crippen LogP contribution is 2.37. The molecule has 0 saturated carbocycles. The van der Waals surface area contributed by atoms with Gasteiger partial charge in [0.05, 0.1) is 22.1 Å². The van der Waals surface area contributed by atoms with Gasteiger partial charge in [0.2, 0.25) is 0 Å². The van der Waals surface area contributed by atoms with Gasteiger partial charge in [0.15, 0.2) is 0 Å². The van der Waals surface area contributed by atoms with E-state index in [0.29, 0.717) is 6.54 Å². The summed E-state index contributed by atoms with van der Waals surface area (Å²) in [5.41, 5.74) is 20.1. The lowest BCUT2D eigenvalue weighted by Crippen LogP contribution is -2.14. The molecule has 0 aliphatic carbocycles. The lowest BCUT2D eigenvalue weighted by molar-refractivity contribution is 0.880. The Morgan fingerprint density at radius 2 is 0.900 bits per heavy atom. The summed E-state index contributed by atoms with van der Waals surface area (Å²) in [7, 11) is 0. The summed E-state index contributed by atoms with van der Waals surface area (Å²) in [5.74, 6) is 0. The fourth-order valence-corrected chi connectivity index (χ4v) is 7.38. The smallest absolute Gasteiger partial charge is 0.0541 e. The van der Waals surface area contributed by atoms with Gasteiger partial charge in [-0.05, 0) is 48.0 Å². The fourth-order valence-electron chi connectivity index (χ4n) is 7.38. The zero-order valence-electron chi connectivity index (χ0n) is 27.5. The maximum Gasteiger partial charge on any atom is 0.0541 e. The molecule has 0 amide bonds. The van der Waals surface area contributed by atoms with E-state index in [1.807, 2.05) is 36.4 Å². The summed E-state index contributed by atoms with van der Waals surface area (Å²) < 4.78 is 4.77. The van der Waals surface area contributed by atoms with Crippen molar-refractivity contribution >= 4 is 49.3 Å². The van der Waals surface area contributed by atoms with Gasteiger partial charge in [-0.2, -0.15) is 0 Å². The van der Waals surface area contributed by atoms with E-state index in [0.717, 1.165) is 50.3 Å². The largest absolute Gasteiger partial charge is 0.667 e. The number of hydrogen-bond donors (Lipinski definition) is 1. The van der Waals surface area contributed by atoms with Crippen LogP contribution in [0, 0.1) is 0 Å². The second kappa shape index (κ2) is 12.6. The Morgan fingerprint density at radius 3 is 1.36 bits per heavy atom. The summed E-state index contributed by atoms with van der Waals surface area (Å²) in [5, 5.41) is 8.66.